The summed E-state index contributed by atoms with van der Waals surface area (Å²) in [7, 11) is 0. The Morgan fingerprint density at radius 3 is 1.52 bits per heavy atom. The van der Waals surface area contributed by atoms with E-state index in [2.05, 4.69) is 47.8 Å². The minimum Gasteiger partial charge on any atom is -0.268 e. The van der Waals surface area contributed by atoms with E-state index in [1.54, 1.807) is 0 Å². The molecule has 256 valence electrons. The van der Waals surface area contributed by atoms with Crippen LogP contribution in [-0.2, 0) is 5.41 Å². The average Bonchev–Trinajstić information content (AvgIpc) is 3.39. The van der Waals surface area contributed by atoms with Gasteiger partial charge in [0.2, 0.25) is 5.41 Å². The smallest absolute Gasteiger partial charge is 0.268 e. The number of alkyl halides is 6. The molecule has 4 aromatic carbocycles. The van der Waals surface area contributed by atoms with Gasteiger partial charge in [0, 0.05) is 19.5 Å². The summed E-state index contributed by atoms with van der Waals surface area (Å²) in [6.45, 7) is 1.48. The van der Waals surface area contributed by atoms with Crippen molar-refractivity contribution in [2.75, 3.05) is 9.80 Å². The van der Waals surface area contributed by atoms with Crippen LogP contribution in [0.2, 0.25) is 0 Å². The van der Waals surface area contributed by atoms with Crippen LogP contribution < -0.4 is 9.80 Å². The number of aryl methyl sites for hydroxylation is 1. The van der Waals surface area contributed by atoms with E-state index in [-0.39, 0.29) is 20.7 Å². The third kappa shape index (κ3) is 5.09. The number of hydrogen-bond acceptors (Lipinski definition) is 6. The molecule has 18 heteroatoms. The van der Waals surface area contributed by atoms with Gasteiger partial charge in [-0.05, 0) is 97.9 Å². The first-order valence-corrected chi connectivity index (χ1v) is 16.2. The van der Waals surface area contributed by atoms with E-state index in [1.807, 2.05) is 0 Å². The monoisotopic (exact) mass is 887 g/mol. The standard InChI is InChI=1S/C32H14Br3F6N3O6/c1-13-2-7-23(24(8-13)44(49)50)42-26(45)17-5-3-14(9-19(17)28(42)47)30(31(36,37)38,32(39,40)41)15-4-6-18-20(10-15)29(48)43(27(18)46)25-21(34)11-16(33)12-22(25)35/h2-12H,1H3. The number of hydrogen-bond donors (Lipinski definition) is 0. The van der Waals surface area contributed by atoms with Gasteiger partial charge in [0.15, 0.2) is 0 Å². The van der Waals surface area contributed by atoms with Crippen LogP contribution in [0.3, 0.4) is 0 Å². The number of nitro benzene ring substituents is 1. The highest BCUT2D eigenvalue weighted by atomic mass is 79.9. The molecule has 0 radical (unpaired) electrons. The number of fused-ring (bicyclic) bond motifs is 2. The van der Waals surface area contributed by atoms with E-state index in [0.29, 0.717) is 50.2 Å². The number of carbonyl (C=O) groups is 4. The summed E-state index contributed by atoms with van der Waals surface area (Å²) < 4.78 is 91.9. The molecule has 0 fully saturated rings. The molecule has 2 aliphatic rings. The fraction of sp³-hybridized carbons (Fsp3) is 0.125. The lowest BCUT2D eigenvalue weighted by Gasteiger charge is -2.38. The molecule has 2 heterocycles. The SMILES string of the molecule is Cc1ccc(N2C(=O)c3ccc(C(c4ccc5c(c4)C(=O)N(c4c(Br)cc(Br)cc4Br)C5=O)(C(F)(F)F)C(F)(F)F)cc3C2=O)c([N+](=O)[O-])c1. The number of benzene rings is 4. The molecule has 0 bridgehead atoms. The van der Waals surface area contributed by atoms with Gasteiger partial charge in [0.25, 0.3) is 29.3 Å². The molecule has 4 aromatic rings. The Kier molecular flexibility index (Phi) is 8.38. The molecule has 6 rings (SSSR count). The molecule has 0 spiro atoms. The molecule has 4 amide bonds. The molecule has 9 nitrogen and oxygen atoms in total. The number of amides is 4. The van der Waals surface area contributed by atoms with Gasteiger partial charge in [-0.25, -0.2) is 9.80 Å². The summed E-state index contributed by atoms with van der Waals surface area (Å²) in [5, 5.41) is 11.7. The lowest BCUT2D eigenvalue weighted by atomic mass is 9.71. The maximum absolute atomic E-state index is 15.2. The predicted octanol–water partition coefficient (Wildman–Crippen LogP) is 9.20. The quantitative estimate of drug-likeness (QED) is 0.0854. The van der Waals surface area contributed by atoms with Crippen molar-refractivity contribution in [2.24, 2.45) is 0 Å². The van der Waals surface area contributed by atoms with Gasteiger partial charge in [-0.3, -0.25) is 29.3 Å². The van der Waals surface area contributed by atoms with Crippen LogP contribution in [0.15, 0.2) is 80.1 Å². The second kappa shape index (κ2) is 11.8. The second-order valence-electron chi connectivity index (χ2n) is 11.1. The Balaban J connectivity index is 1.53. The van der Waals surface area contributed by atoms with E-state index >= 15 is 26.3 Å². The van der Waals surface area contributed by atoms with Gasteiger partial charge < -0.3 is 0 Å². The molecule has 50 heavy (non-hydrogen) atoms. The molecule has 0 aromatic heterocycles. The Morgan fingerprint density at radius 1 is 0.620 bits per heavy atom. The fourth-order valence-corrected chi connectivity index (χ4v) is 8.68. The summed E-state index contributed by atoms with van der Waals surface area (Å²) in [6.07, 6.45) is -12.4. The molecule has 2 aliphatic heterocycles. The van der Waals surface area contributed by atoms with Crippen molar-refractivity contribution in [2.45, 2.75) is 24.7 Å². The number of imide groups is 2. The number of nitro groups is 1. The number of halogens is 9. The highest BCUT2D eigenvalue weighted by Crippen LogP contribution is 2.57. The Labute approximate surface area is 301 Å². The van der Waals surface area contributed by atoms with Gasteiger partial charge in [-0.2, -0.15) is 26.3 Å². The minimum atomic E-state index is -6.18. The number of nitrogens with zero attached hydrogens (tertiary/aromatic N) is 3. The van der Waals surface area contributed by atoms with Crippen LogP contribution in [0, 0.1) is 17.0 Å². The summed E-state index contributed by atoms with van der Waals surface area (Å²) in [5.41, 5.74) is -11.6. The average molecular weight is 890 g/mol. The minimum absolute atomic E-state index is 0.0565. The van der Waals surface area contributed by atoms with Crippen LogP contribution in [0.5, 0.6) is 0 Å². The maximum atomic E-state index is 15.2. The fourth-order valence-electron chi connectivity index (χ4n) is 6.07. The first-order valence-electron chi connectivity index (χ1n) is 13.8. The van der Waals surface area contributed by atoms with Crippen LogP contribution in [0.1, 0.15) is 58.1 Å². The van der Waals surface area contributed by atoms with E-state index in [9.17, 15) is 29.3 Å². The van der Waals surface area contributed by atoms with Crippen molar-refractivity contribution >= 4 is 88.5 Å². The topological polar surface area (TPSA) is 118 Å². The zero-order chi connectivity index (χ0) is 36.8. The predicted molar refractivity (Wildman–Crippen MR) is 175 cm³/mol. The molecular formula is C32H14Br3F6N3O6. The highest BCUT2D eigenvalue weighted by molar-refractivity contribution is 9.11. The van der Waals surface area contributed by atoms with Crippen LogP contribution in [-0.4, -0.2) is 40.9 Å². The highest BCUT2D eigenvalue weighted by Gasteiger charge is 2.73. The normalized spacial score (nSPS) is 14.8. The van der Waals surface area contributed by atoms with Crippen LogP contribution in [0.25, 0.3) is 0 Å². The van der Waals surface area contributed by atoms with Gasteiger partial charge >= 0.3 is 12.4 Å². The molecule has 0 unspecified atom stereocenters. The van der Waals surface area contributed by atoms with Gasteiger partial charge in [0.1, 0.15) is 5.69 Å². The molecule has 0 saturated carbocycles. The number of anilines is 2. The van der Waals surface area contributed by atoms with Crippen LogP contribution in [0.4, 0.5) is 43.4 Å². The summed E-state index contributed by atoms with van der Waals surface area (Å²) in [6, 6.07) is 9.02. The van der Waals surface area contributed by atoms with Crippen LogP contribution >= 0.6 is 47.8 Å². The van der Waals surface area contributed by atoms with E-state index in [1.165, 1.54) is 25.1 Å². The zero-order valence-electron chi connectivity index (χ0n) is 24.5. The maximum Gasteiger partial charge on any atom is 0.411 e. The largest absolute Gasteiger partial charge is 0.411 e. The molecule has 0 aliphatic carbocycles. The van der Waals surface area contributed by atoms with Crippen molar-refractivity contribution in [3.05, 3.63) is 129 Å². The van der Waals surface area contributed by atoms with Crippen molar-refractivity contribution in [1.29, 1.82) is 0 Å². The van der Waals surface area contributed by atoms with Gasteiger partial charge in [0.05, 0.1) is 32.9 Å². The Bertz CT molecular complexity index is 2200. The van der Waals surface area contributed by atoms with Crippen molar-refractivity contribution in [1.82, 2.24) is 0 Å². The zero-order valence-corrected chi connectivity index (χ0v) is 29.3. The van der Waals surface area contributed by atoms with Crippen molar-refractivity contribution in [3.63, 3.8) is 0 Å². The first-order chi connectivity index (χ1) is 23.2. The lowest BCUT2D eigenvalue weighted by molar-refractivity contribution is -0.384. The van der Waals surface area contributed by atoms with Gasteiger partial charge in [-0.1, -0.05) is 34.1 Å². The lowest BCUT2D eigenvalue weighted by Crippen LogP contribution is -2.55. The third-order valence-electron chi connectivity index (χ3n) is 8.26. The molecule has 0 atom stereocenters. The molecule has 0 saturated heterocycles. The first kappa shape index (κ1) is 35.4. The van der Waals surface area contributed by atoms with Crippen molar-refractivity contribution in [3.8, 4) is 0 Å². The summed E-state index contributed by atoms with van der Waals surface area (Å²) >= 11 is 9.65. The van der Waals surface area contributed by atoms with E-state index in [4.69, 9.17) is 0 Å². The van der Waals surface area contributed by atoms with Crippen molar-refractivity contribution < 1.29 is 50.4 Å². The third-order valence-corrected chi connectivity index (χ3v) is 9.93. The molecule has 0 N–H and O–H groups in total. The Morgan fingerprint density at radius 2 is 1.06 bits per heavy atom. The van der Waals surface area contributed by atoms with E-state index < -0.39 is 91.1 Å². The summed E-state index contributed by atoms with van der Waals surface area (Å²) in [4.78, 5) is 65.4. The van der Waals surface area contributed by atoms with Gasteiger partial charge in [-0.15, -0.1) is 0 Å². The second-order valence-corrected chi connectivity index (χ2v) is 13.7. The molecular weight excluding hydrogens is 876 g/mol. The van der Waals surface area contributed by atoms with E-state index in [0.717, 1.165) is 12.1 Å². The number of rotatable bonds is 5. The Hall–Kier alpha value is -4.42. The number of carbonyl (C=O) groups excluding carboxylic acids is 4. The summed E-state index contributed by atoms with van der Waals surface area (Å²) in [5.74, 6) is -4.83.